The average Bonchev–Trinajstić information content (AvgIpc) is 2.35. The molecule has 0 aliphatic rings. The van der Waals surface area contributed by atoms with Crippen LogP contribution in [0.1, 0.15) is 12.5 Å². The SMILES string of the molecule is COCC(C)OCC(O)COc1ccc(N)cc1C. The maximum absolute atomic E-state index is 9.76. The fraction of sp³-hybridized carbons (Fsp3) is 0.571. The number of aryl methyl sites for hydroxylation is 1. The zero-order valence-corrected chi connectivity index (χ0v) is 11.8. The second-order valence-electron chi connectivity index (χ2n) is 4.59. The van der Waals surface area contributed by atoms with Crippen molar-refractivity contribution in [1.82, 2.24) is 0 Å². The van der Waals surface area contributed by atoms with Crippen molar-refractivity contribution in [2.75, 3.05) is 32.7 Å². The van der Waals surface area contributed by atoms with E-state index in [0.717, 1.165) is 11.3 Å². The summed E-state index contributed by atoms with van der Waals surface area (Å²) in [6.45, 7) is 4.71. The maximum atomic E-state index is 9.76. The van der Waals surface area contributed by atoms with Gasteiger partial charge in [0.2, 0.25) is 0 Å². The summed E-state index contributed by atoms with van der Waals surface area (Å²) in [5.41, 5.74) is 7.30. The molecule has 5 heteroatoms. The summed E-state index contributed by atoms with van der Waals surface area (Å²) in [6.07, 6.45) is -0.714. The van der Waals surface area contributed by atoms with Gasteiger partial charge in [0.05, 0.1) is 19.3 Å². The number of methoxy groups -OCH3 is 1. The van der Waals surface area contributed by atoms with E-state index in [1.54, 1.807) is 19.2 Å². The number of hydrogen-bond acceptors (Lipinski definition) is 5. The smallest absolute Gasteiger partial charge is 0.122 e. The second-order valence-corrected chi connectivity index (χ2v) is 4.59. The molecule has 2 atom stereocenters. The summed E-state index contributed by atoms with van der Waals surface area (Å²) >= 11 is 0. The van der Waals surface area contributed by atoms with Crippen molar-refractivity contribution >= 4 is 5.69 Å². The van der Waals surface area contributed by atoms with Crippen molar-refractivity contribution in [1.29, 1.82) is 0 Å². The number of aliphatic hydroxyl groups is 1. The van der Waals surface area contributed by atoms with Gasteiger partial charge in [-0.15, -0.1) is 0 Å². The van der Waals surface area contributed by atoms with E-state index < -0.39 is 6.10 Å². The third kappa shape index (κ3) is 5.92. The molecule has 5 nitrogen and oxygen atoms in total. The minimum Gasteiger partial charge on any atom is -0.491 e. The molecule has 0 heterocycles. The first kappa shape index (κ1) is 15.8. The van der Waals surface area contributed by atoms with Crippen LogP contribution >= 0.6 is 0 Å². The monoisotopic (exact) mass is 269 g/mol. The van der Waals surface area contributed by atoms with Crippen LogP contribution in [0.15, 0.2) is 18.2 Å². The minimum absolute atomic E-state index is 0.0436. The molecule has 1 aromatic rings. The van der Waals surface area contributed by atoms with Crippen LogP contribution in [-0.2, 0) is 9.47 Å². The topological polar surface area (TPSA) is 73.9 Å². The number of nitrogen functional groups attached to an aromatic ring is 1. The Balaban J connectivity index is 2.31. The molecule has 3 N–H and O–H groups in total. The Morgan fingerprint density at radius 2 is 2.00 bits per heavy atom. The third-order valence-corrected chi connectivity index (χ3v) is 2.60. The summed E-state index contributed by atoms with van der Waals surface area (Å²) < 4.78 is 15.9. The minimum atomic E-state index is -0.670. The number of anilines is 1. The van der Waals surface area contributed by atoms with E-state index in [0.29, 0.717) is 12.3 Å². The summed E-state index contributed by atoms with van der Waals surface area (Å²) in [6, 6.07) is 5.40. The lowest BCUT2D eigenvalue weighted by molar-refractivity contribution is -0.0423. The van der Waals surface area contributed by atoms with E-state index in [4.69, 9.17) is 19.9 Å². The van der Waals surface area contributed by atoms with Crippen molar-refractivity contribution in [3.8, 4) is 5.75 Å². The van der Waals surface area contributed by atoms with Gasteiger partial charge in [-0.3, -0.25) is 0 Å². The molecule has 0 aromatic heterocycles. The predicted molar refractivity (Wildman–Crippen MR) is 74.4 cm³/mol. The molecule has 0 aliphatic heterocycles. The van der Waals surface area contributed by atoms with Crippen LogP contribution in [-0.4, -0.2) is 44.2 Å². The highest BCUT2D eigenvalue weighted by Crippen LogP contribution is 2.20. The zero-order chi connectivity index (χ0) is 14.3. The van der Waals surface area contributed by atoms with E-state index >= 15 is 0 Å². The van der Waals surface area contributed by atoms with Gasteiger partial charge in [-0.2, -0.15) is 0 Å². The van der Waals surface area contributed by atoms with Crippen LogP contribution in [0.3, 0.4) is 0 Å². The normalized spacial score (nSPS) is 14.1. The van der Waals surface area contributed by atoms with E-state index in [-0.39, 0.29) is 19.3 Å². The summed E-state index contributed by atoms with van der Waals surface area (Å²) in [7, 11) is 1.61. The van der Waals surface area contributed by atoms with Crippen LogP contribution in [0.25, 0.3) is 0 Å². The highest BCUT2D eigenvalue weighted by atomic mass is 16.5. The van der Waals surface area contributed by atoms with Gasteiger partial charge in [-0.05, 0) is 37.6 Å². The van der Waals surface area contributed by atoms with Crippen molar-refractivity contribution in [3.05, 3.63) is 23.8 Å². The lowest BCUT2D eigenvalue weighted by Gasteiger charge is -2.17. The van der Waals surface area contributed by atoms with E-state index in [9.17, 15) is 5.11 Å². The van der Waals surface area contributed by atoms with Gasteiger partial charge < -0.3 is 25.1 Å². The Bertz CT molecular complexity index is 384. The molecule has 0 bridgehead atoms. The zero-order valence-electron chi connectivity index (χ0n) is 11.8. The largest absolute Gasteiger partial charge is 0.491 e. The molecule has 1 rings (SSSR count). The molecule has 0 saturated heterocycles. The Hall–Kier alpha value is -1.30. The van der Waals surface area contributed by atoms with Gasteiger partial charge >= 0.3 is 0 Å². The molecule has 0 spiro atoms. The first-order valence-corrected chi connectivity index (χ1v) is 6.30. The number of benzene rings is 1. The van der Waals surface area contributed by atoms with Crippen molar-refractivity contribution in [3.63, 3.8) is 0 Å². The lowest BCUT2D eigenvalue weighted by atomic mass is 10.2. The predicted octanol–water partition coefficient (Wildman–Crippen LogP) is 1.37. The molecule has 0 radical (unpaired) electrons. The molecule has 0 fully saturated rings. The molecular weight excluding hydrogens is 246 g/mol. The molecule has 0 amide bonds. The van der Waals surface area contributed by atoms with Crippen LogP contribution in [0.5, 0.6) is 5.75 Å². The van der Waals surface area contributed by atoms with Crippen molar-refractivity contribution < 1.29 is 19.3 Å². The maximum Gasteiger partial charge on any atom is 0.122 e. The Kier molecular flexibility index (Phi) is 6.62. The number of aliphatic hydroxyl groups excluding tert-OH is 1. The van der Waals surface area contributed by atoms with Crippen LogP contribution in [0.4, 0.5) is 5.69 Å². The fourth-order valence-electron chi connectivity index (χ4n) is 1.63. The number of nitrogens with two attached hydrogens (primary N) is 1. The Morgan fingerprint density at radius 1 is 1.26 bits per heavy atom. The molecule has 0 saturated carbocycles. The van der Waals surface area contributed by atoms with Crippen LogP contribution in [0.2, 0.25) is 0 Å². The van der Waals surface area contributed by atoms with E-state index in [1.165, 1.54) is 0 Å². The van der Waals surface area contributed by atoms with Gasteiger partial charge in [0.25, 0.3) is 0 Å². The summed E-state index contributed by atoms with van der Waals surface area (Å²) in [4.78, 5) is 0. The highest BCUT2D eigenvalue weighted by Gasteiger charge is 2.10. The second kappa shape index (κ2) is 7.99. The third-order valence-electron chi connectivity index (χ3n) is 2.60. The quantitative estimate of drug-likeness (QED) is 0.697. The molecule has 1 aromatic carbocycles. The van der Waals surface area contributed by atoms with E-state index in [1.807, 2.05) is 19.9 Å². The van der Waals surface area contributed by atoms with Crippen LogP contribution in [0, 0.1) is 6.92 Å². The van der Waals surface area contributed by atoms with Gasteiger partial charge in [0, 0.05) is 12.8 Å². The number of hydrogen-bond donors (Lipinski definition) is 2. The highest BCUT2D eigenvalue weighted by molar-refractivity contribution is 5.47. The Morgan fingerprint density at radius 3 is 2.63 bits per heavy atom. The first-order valence-electron chi connectivity index (χ1n) is 6.30. The molecular formula is C14H23NO4. The molecule has 108 valence electrons. The Labute approximate surface area is 114 Å². The molecule has 0 aliphatic carbocycles. The fourth-order valence-corrected chi connectivity index (χ4v) is 1.63. The van der Waals surface area contributed by atoms with Gasteiger partial charge in [0.15, 0.2) is 0 Å². The molecule has 2 unspecified atom stereocenters. The number of ether oxygens (including phenoxy) is 3. The lowest BCUT2D eigenvalue weighted by Crippen LogP contribution is -2.27. The van der Waals surface area contributed by atoms with Gasteiger partial charge in [0.1, 0.15) is 18.5 Å². The first-order chi connectivity index (χ1) is 9.02. The summed E-state index contributed by atoms with van der Waals surface area (Å²) in [5.74, 6) is 0.721. The number of rotatable bonds is 8. The van der Waals surface area contributed by atoms with Crippen molar-refractivity contribution in [2.45, 2.75) is 26.1 Å². The van der Waals surface area contributed by atoms with Gasteiger partial charge in [-0.1, -0.05) is 0 Å². The summed E-state index contributed by atoms with van der Waals surface area (Å²) in [5, 5.41) is 9.76. The van der Waals surface area contributed by atoms with E-state index in [2.05, 4.69) is 0 Å². The van der Waals surface area contributed by atoms with Crippen LogP contribution < -0.4 is 10.5 Å². The standard InChI is InChI=1S/C14H23NO4/c1-10-6-12(15)4-5-14(10)19-9-13(16)8-18-11(2)7-17-3/h4-6,11,13,16H,7-9,15H2,1-3H3. The van der Waals surface area contributed by atoms with Crippen molar-refractivity contribution in [2.24, 2.45) is 0 Å². The average molecular weight is 269 g/mol. The van der Waals surface area contributed by atoms with Gasteiger partial charge in [-0.25, -0.2) is 0 Å². The molecule has 19 heavy (non-hydrogen) atoms.